The fraction of sp³-hybridized carbons (Fsp3) is 0.0952. The maximum atomic E-state index is 13.9. The predicted molar refractivity (Wildman–Crippen MR) is 106 cm³/mol. The molecule has 0 bridgehead atoms. The molecule has 0 spiro atoms. The highest BCUT2D eigenvalue weighted by molar-refractivity contribution is 6.42. The molecule has 0 aliphatic rings. The predicted octanol–water partition coefficient (Wildman–Crippen LogP) is 7.36. The van der Waals surface area contributed by atoms with Crippen molar-refractivity contribution in [3.63, 3.8) is 0 Å². The Kier molecular flexibility index (Phi) is 5.20. The molecule has 1 heterocycles. The lowest BCUT2D eigenvalue weighted by Crippen LogP contribution is -2.07. The molecule has 3 aromatic carbocycles. The second-order valence-corrected chi connectivity index (χ2v) is 7.40. The number of benzene rings is 3. The van der Waals surface area contributed by atoms with Gasteiger partial charge in [-0.2, -0.15) is 18.3 Å². The number of hydrogen-bond donors (Lipinski definition) is 0. The van der Waals surface area contributed by atoms with Gasteiger partial charge in [0.1, 0.15) is 5.52 Å². The van der Waals surface area contributed by atoms with Gasteiger partial charge in [0.05, 0.1) is 27.8 Å². The van der Waals surface area contributed by atoms with Crippen molar-refractivity contribution in [3.8, 4) is 11.3 Å². The largest absolute Gasteiger partial charge is 0.418 e. The molecule has 154 valence electrons. The van der Waals surface area contributed by atoms with Gasteiger partial charge >= 0.3 is 6.18 Å². The van der Waals surface area contributed by atoms with Gasteiger partial charge in [0.15, 0.2) is 11.6 Å². The molecule has 1 aromatic heterocycles. The third-order valence-corrected chi connectivity index (χ3v) is 5.32. The van der Waals surface area contributed by atoms with E-state index in [1.165, 1.54) is 22.9 Å². The van der Waals surface area contributed by atoms with Gasteiger partial charge in [0.2, 0.25) is 0 Å². The molecule has 0 unspecified atom stereocenters. The fourth-order valence-electron chi connectivity index (χ4n) is 3.25. The highest BCUT2D eigenvalue weighted by Crippen LogP contribution is 2.38. The minimum absolute atomic E-state index is 0.0389. The molecule has 0 N–H and O–H groups in total. The Morgan fingerprint density at radius 3 is 2.30 bits per heavy atom. The minimum Gasteiger partial charge on any atom is -0.259 e. The summed E-state index contributed by atoms with van der Waals surface area (Å²) in [6.45, 7) is 0.0389. The first-order valence-electron chi connectivity index (χ1n) is 8.61. The second-order valence-electron chi connectivity index (χ2n) is 6.58. The van der Waals surface area contributed by atoms with E-state index in [1.54, 1.807) is 18.2 Å². The highest BCUT2D eigenvalue weighted by atomic mass is 35.5. The van der Waals surface area contributed by atoms with Crippen LogP contribution in [0.25, 0.3) is 22.2 Å². The van der Waals surface area contributed by atoms with E-state index in [2.05, 4.69) is 5.10 Å². The van der Waals surface area contributed by atoms with Crippen molar-refractivity contribution in [1.29, 1.82) is 0 Å². The number of alkyl halides is 3. The lowest BCUT2D eigenvalue weighted by atomic mass is 10.0. The van der Waals surface area contributed by atoms with E-state index in [0.29, 0.717) is 10.6 Å². The van der Waals surface area contributed by atoms with Gasteiger partial charge in [-0.05, 0) is 42.0 Å². The number of nitrogens with zero attached hydrogens (tertiary/aromatic N) is 2. The highest BCUT2D eigenvalue weighted by Gasteiger charge is 2.34. The van der Waals surface area contributed by atoms with Crippen molar-refractivity contribution in [1.82, 2.24) is 9.78 Å². The third-order valence-electron chi connectivity index (χ3n) is 4.58. The number of hydrogen-bond acceptors (Lipinski definition) is 1. The maximum Gasteiger partial charge on any atom is 0.418 e. The molecule has 0 radical (unpaired) electrons. The Morgan fingerprint density at radius 2 is 1.63 bits per heavy atom. The van der Waals surface area contributed by atoms with Crippen molar-refractivity contribution < 1.29 is 22.0 Å². The van der Waals surface area contributed by atoms with Crippen LogP contribution in [0.3, 0.4) is 0 Å². The first kappa shape index (κ1) is 20.6. The summed E-state index contributed by atoms with van der Waals surface area (Å²) in [5.41, 5.74) is -0.173. The average molecular weight is 457 g/mol. The molecule has 2 nitrogen and oxygen atoms in total. The molecule has 30 heavy (non-hydrogen) atoms. The molecular weight excluding hydrogens is 446 g/mol. The molecule has 0 amide bonds. The van der Waals surface area contributed by atoms with Gasteiger partial charge < -0.3 is 0 Å². The minimum atomic E-state index is -4.63. The van der Waals surface area contributed by atoms with Crippen LogP contribution >= 0.6 is 23.2 Å². The summed E-state index contributed by atoms with van der Waals surface area (Å²) < 4.78 is 69.2. The first-order chi connectivity index (χ1) is 14.1. The lowest BCUT2D eigenvalue weighted by Gasteiger charge is -2.10. The molecule has 4 rings (SSSR count). The Bertz CT molecular complexity index is 1260. The standard InChI is InChI=1S/C21H11Cl2F5N2/c22-15-6-4-11(8-16(15)23)10-30-20(12-5-7-17(24)18(25)9-12)13-2-1-3-14(19(13)29-30)21(26,27)28/h1-9H,10H2. The van der Waals surface area contributed by atoms with Gasteiger partial charge in [0, 0.05) is 10.9 Å². The first-order valence-corrected chi connectivity index (χ1v) is 9.37. The van der Waals surface area contributed by atoms with Crippen molar-refractivity contribution in [2.75, 3.05) is 0 Å². The van der Waals surface area contributed by atoms with Crippen LogP contribution in [-0.4, -0.2) is 9.78 Å². The van der Waals surface area contributed by atoms with Crippen molar-refractivity contribution in [3.05, 3.63) is 87.4 Å². The zero-order valence-corrected chi connectivity index (χ0v) is 16.5. The summed E-state index contributed by atoms with van der Waals surface area (Å²) in [6, 6.07) is 11.5. The molecular formula is C21H11Cl2F5N2. The summed E-state index contributed by atoms with van der Waals surface area (Å²) in [5, 5.41) is 4.92. The Hall–Kier alpha value is -2.64. The summed E-state index contributed by atoms with van der Waals surface area (Å²) in [6.07, 6.45) is -4.63. The fourth-order valence-corrected chi connectivity index (χ4v) is 3.57. The second kappa shape index (κ2) is 7.56. The van der Waals surface area contributed by atoms with Crippen molar-refractivity contribution >= 4 is 34.1 Å². The van der Waals surface area contributed by atoms with Crippen LogP contribution in [0.2, 0.25) is 10.0 Å². The summed E-state index contributed by atoms with van der Waals surface area (Å²) in [4.78, 5) is 0. The van der Waals surface area contributed by atoms with E-state index in [1.807, 2.05) is 0 Å². The van der Waals surface area contributed by atoms with E-state index < -0.39 is 23.4 Å². The number of fused-ring (bicyclic) bond motifs is 1. The number of aromatic nitrogens is 2. The van der Waals surface area contributed by atoms with Crippen molar-refractivity contribution in [2.24, 2.45) is 0 Å². The van der Waals surface area contributed by atoms with E-state index in [9.17, 15) is 22.0 Å². The number of halogens is 7. The van der Waals surface area contributed by atoms with Gasteiger partial charge in [-0.15, -0.1) is 0 Å². The van der Waals surface area contributed by atoms with Gasteiger partial charge in [0.25, 0.3) is 0 Å². The third kappa shape index (κ3) is 3.75. The van der Waals surface area contributed by atoms with Gasteiger partial charge in [-0.3, -0.25) is 4.68 Å². The van der Waals surface area contributed by atoms with Crippen molar-refractivity contribution in [2.45, 2.75) is 12.7 Å². The van der Waals surface area contributed by atoms with Crippen LogP contribution < -0.4 is 0 Å². The SMILES string of the molecule is Fc1ccc(-c2c3cccc(C(F)(F)F)c3nn2Cc2ccc(Cl)c(Cl)c2)cc1F. The van der Waals surface area contributed by atoms with Crippen LogP contribution in [-0.2, 0) is 12.7 Å². The zero-order chi connectivity index (χ0) is 21.6. The average Bonchev–Trinajstić information content (AvgIpc) is 3.04. The zero-order valence-electron chi connectivity index (χ0n) is 14.9. The van der Waals surface area contributed by atoms with E-state index >= 15 is 0 Å². The molecule has 0 aliphatic carbocycles. The van der Waals surface area contributed by atoms with E-state index in [0.717, 1.165) is 18.2 Å². The van der Waals surface area contributed by atoms with E-state index in [4.69, 9.17) is 23.2 Å². The Morgan fingerprint density at radius 1 is 0.867 bits per heavy atom. The molecule has 0 aliphatic heterocycles. The molecule has 4 aromatic rings. The molecule has 0 saturated heterocycles. The maximum absolute atomic E-state index is 13.9. The molecule has 0 fully saturated rings. The summed E-state index contributed by atoms with van der Waals surface area (Å²) >= 11 is 12.0. The van der Waals surface area contributed by atoms with Crippen LogP contribution in [0.4, 0.5) is 22.0 Å². The van der Waals surface area contributed by atoms with Crippen LogP contribution in [0.1, 0.15) is 11.1 Å². The van der Waals surface area contributed by atoms with Gasteiger partial charge in [-0.25, -0.2) is 8.78 Å². The molecule has 0 atom stereocenters. The summed E-state index contributed by atoms with van der Waals surface area (Å²) in [5.74, 6) is -2.18. The van der Waals surface area contributed by atoms with E-state index in [-0.39, 0.29) is 33.7 Å². The Balaban J connectivity index is 1.97. The van der Waals surface area contributed by atoms with Crippen LogP contribution in [0.5, 0.6) is 0 Å². The smallest absolute Gasteiger partial charge is 0.259 e. The monoisotopic (exact) mass is 456 g/mol. The molecule has 9 heteroatoms. The normalized spacial score (nSPS) is 12.0. The quantitative estimate of drug-likeness (QED) is 0.294. The number of rotatable bonds is 3. The topological polar surface area (TPSA) is 17.8 Å². The van der Waals surface area contributed by atoms with Gasteiger partial charge in [-0.1, -0.05) is 41.4 Å². The lowest BCUT2D eigenvalue weighted by molar-refractivity contribution is -0.136. The van der Waals surface area contributed by atoms with Crippen LogP contribution in [0.15, 0.2) is 54.6 Å². The molecule has 0 saturated carbocycles. The summed E-state index contributed by atoms with van der Waals surface area (Å²) in [7, 11) is 0. The van der Waals surface area contributed by atoms with Crippen LogP contribution in [0, 0.1) is 11.6 Å². The Labute approximate surface area is 177 Å².